The van der Waals surface area contributed by atoms with Crippen LogP contribution in [0.4, 0.5) is 5.69 Å². The van der Waals surface area contributed by atoms with Gasteiger partial charge in [-0.2, -0.15) is 0 Å². The highest BCUT2D eigenvalue weighted by Crippen LogP contribution is 2.21. The summed E-state index contributed by atoms with van der Waals surface area (Å²) in [6, 6.07) is 7.39. The average Bonchev–Trinajstić information content (AvgIpc) is 2.62. The van der Waals surface area contributed by atoms with Crippen LogP contribution in [0.1, 0.15) is 30.1 Å². The number of aromatic nitrogens is 1. The molecule has 140 valence electrons. The third kappa shape index (κ3) is 4.94. The van der Waals surface area contributed by atoms with Crippen molar-refractivity contribution in [2.75, 3.05) is 18.9 Å². The van der Waals surface area contributed by atoms with Crippen LogP contribution < -0.4 is 5.32 Å². The number of anilines is 1. The van der Waals surface area contributed by atoms with E-state index in [1.165, 1.54) is 40.8 Å². The molecule has 0 spiro atoms. The van der Waals surface area contributed by atoms with Gasteiger partial charge in [-0.1, -0.05) is 36.5 Å². The lowest BCUT2D eigenvalue weighted by molar-refractivity contribution is 0.102. The zero-order valence-electron chi connectivity index (χ0n) is 14.4. The normalized spacial score (nSPS) is 11.6. The number of unbranched alkanes of at least 4 members (excludes halogenated alkanes) is 1. The summed E-state index contributed by atoms with van der Waals surface area (Å²) >= 11 is 11.6. The molecule has 2 rings (SSSR count). The highest BCUT2D eigenvalue weighted by molar-refractivity contribution is 7.89. The number of halogens is 2. The molecule has 0 saturated carbocycles. The number of rotatable bonds is 7. The predicted molar refractivity (Wildman–Crippen MR) is 103 cm³/mol. The molecule has 1 aromatic heterocycles. The third-order valence-corrected chi connectivity index (χ3v) is 6.26. The molecule has 0 radical (unpaired) electrons. The van der Waals surface area contributed by atoms with Gasteiger partial charge in [0.25, 0.3) is 5.91 Å². The van der Waals surface area contributed by atoms with Crippen molar-refractivity contribution in [3.05, 3.63) is 52.3 Å². The molecule has 0 bridgehead atoms. The van der Waals surface area contributed by atoms with E-state index >= 15 is 0 Å². The first kappa shape index (κ1) is 20.6. The van der Waals surface area contributed by atoms with Gasteiger partial charge in [0.05, 0.1) is 15.5 Å². The summed E-state index contributed by atoms with van der Waals surface area (Å²) in [7, 11) is -1.99. The van der Waals surface area contributed by atoms with E-state index in [0.29, 0.717) is 12.2 Å². The summed E-state index contributed by atoms with van der Waals surface area (Å²) in [5.41, 5.74) is 0.701. The minimum absolute atomic E-state index is 0.116. The van der Waals surface area contributed by atoms with Crippen LogP contribution in [-0.4, -0.2) is 37.2 Å². The summed E-state index contributed by atoms with van der Waals surface area (Å²) in [6.45, 7) is 2.46. The summed E-state index contributed by atoms with van der Waals surface area (Å²) < 4.78 is 26.3. The second kappa shape index (κ2) is 8.81. The zero-order chi connectivity index (χ0) is 19.3. The number of hydrogen-bond acceptors (Lipinski definition) is 4. The molecular weight excluding hydrogens is 397 g/mol. The number of pyridine rings is 1. The first-order valence-corrected chi connectivity index (χ1v) is 10.1. The van der Waals surface area contributed by atoms with Crippen LogP contribution in [0.15, 0.2) is 41.4 Å². The topological polar surface area (TPSA) is 79.4 Å². The number of carbonyl (C=O) groups is 1. The molecule has 9 heteroatoms. The van der Waals surface area contributed by atoms with Crippen LogP contribution in [0.2, 0.25) is 10.2 Å². The van der Waals surface area contributed by atoms with Gasteiger partial charge in [0.15, 0.2) is 0 Å². The Balaban J connectivity index is 2.11. The number of benzene rings is 1. The van der Waals surface area contributed by atoms with Gasteiger partial charge in [-0.15, -0.1) is 0 Å². The second-order valence-electron chi connectivity index (χ2n) is 5.66. The van der Waals surface area contributed by atoms with Crippen LogP contribution in [-0.2, 0) is 10.0 Å². The Bertz CT molecular complexity index is 887. The molecule has 6 nitrogen and oxygen atoms in total. The van der Waals surface area contributed by atoms with Gasteiger partial charge < -0.3 is 5.32 Å². The lowest BCUT2D eigenvalue weighted by Crippen LogP contribution is -2.27. The highest BCUT2D eigenvalue weighted by Gasteiger charge is 2.20. The van der Waals surface area contributed by atoms with Gasteiger partial charge in [0, 0.05) is 25.5 Å². The first-order chi connectivity index (χ1) is 12.3. The molecule has 1 aromatic carbocycles. The van der Waals surface area contributed by atoms with Crippen molar-refractivity contribution in [2.45, 2.75) is 24.7 Å². The second-order valence-corrected chi connectivity index (χ2v) is 8.47. The van der Waals surface area contributed by atoms with E-state index in [-0.39, 0.29) is 20.6 Å². The summed E-state index contributed by atoms with van der Waals surface area (Å²) in [4.78, 5) is 16.2. The van der Waals surface area contributed by atoms with Gasteiger partial charge >= 0.3 is 0 Å². The minimum Gasteiger partial charge on any atom is -0.322 e. The van der Waals surface area contributed by atoms with E-state index in [4.69, 9.17) is 23.2 Å². The maximum absolute atomic E-state index is 12.5. The van der Waals surface area contributed by atoms with Crippen LogP contribution in [0.25, 0.3) is 0 Å². The molecule has 0 saturated heterocycles. The van der Waals surface area contributed by atoms with Gasteiger partial charge in [-0.3, -0.25) is 4.79 Å². The molecule has 0 aliphatic rings. The maximum Gasteiger partial charge on any atom is 0.257 e. The largest absolute Gasteiger partial charge is 0.322 e. The number of carbonyl (C=O) groups excluding carboxylic acids is 1. The quantitative estimate of drug-likeness (QED) is 0.691. The summed E-state index contributed by atoms with van der Waals surface area (Å²) in [5, 5.41) is 2.95. The number of hydrogen-bond donors (Lipinski definition) is 1. The van der Waals surface area contributed by atoms with Crippen molar-refractivity contribution in [3.8, 4) is 0 Å². The molecule has 0 fully saturated rings. The minimum atomic E-state index is -3.54. The van der Waals surface area contributed by atoms with Crippen LogP contribution >= 0.6 is 23.2 Å². The van der Waals surface area contributed by atoms with E-state index in [1.54, 1.807) is 7.05 Å². The van der Waals surface area contributed by atoms with Crippen molar-refractivity contribution < 1.29 is 13.2 Å². The Hall–Kier alpha value is -1.67. The van der Waals surface area contributed by atoms with E-state index in [2.05, 4.69) is 10.3 Å². The number of nitrogens with one attached hydrogen (secondary N) is 1. The van der Waals surface area contributed by atoms with Crippen molar-refractivity contribution in [1.82, 2.24) is 9.29 Å². The maximum atomic E-state index is 12.5. The van der Waals surface area contributed by atoms with E-state index in [1.807, 2.05) is 6.92 Å². The Labute approximate surface area is 163 Å². The molecule has 0 unspecified atom stereocenters. The first-order valence-electron chi connectivity index (χ1n) is 7.94. The number of nitrogens with zero attached hydrogens (tertiary/aromatic N) is 2. The van der Waals surface area contributed by atoms with E-state index in [0.717, 1.165) is 12.8 Å². The smallest absolute Gasteiger partial charge is 0.257 e. The van der Waals surface area contributed by atoms with Crippen LogP contribution in [0.3, 0.4) is 0 Å². The average molecular weight is 416 g/mol. The van der Waals surface area contributed by atoms with Crippen LogP contribution in [0, 0.1) is 0 Å². The number of amides is 1. The molecule has 0 aliphatic carbocycles. The molecule has 0 atom stereocenters. The van der Waals surface area contributed by atoms with Crippen molar-refractivity contribution >= 4 is 44.8 Å². The van der Waals surface area contributed by atoms with Crippen molar-refractivity contribution in [1.29, 1.82) is 0 Å². The van der Waals surface area contributed by atoms with Crippen LogP contribution in [0.5, 0.6) is 0 Å². The van der Waals surface area contributed by atoms with Gasteiger partial charge in [0.2, 0.25) is 10.0 Å². The molecule has 0 aliphatic heterocycles. The fourth-order valence-electron chi connectivity index (χ4n) is 2.14. The Morgan fingerprint density at radius 2 is 1.88 bits per heavy atom. The third-order valence-electron chi connectivity index (χ3n) is 3.71. The Kier molecular flexibility index (Phi) is 7.00. The van der Waals surface area contributed by atoms with Gasteiger partial charge in [0.1, 0.15) is 5.15 Å². The van der Waals surface area contributed by atoms with E-state index < -0.39 is 15.9 Å². The Morgan fingerprint density at radius 1 is 1.23 bits per heavy atom. The highest BCUT2D eigenvalue weighted by atomic mass is 35.5. The van der Waals surface area contributed by atoms with Gasteiger partial charge in [-0.05, 0) is 36.8 Å². The van der Waals surface area contributed by atoms with Crippen molar-refractivity contribution in [2.24, 2.45) is 0 Å². The lowest BCUT2D eigenvalue weighted by atomic mass is 10.2. The molecule has 1 N–H and O–H groups in total. The fraction of sp³-hybridized carbons (Fsp3) is 0.294. The van der Waals surface area contributed by atoms with E-state index in [9.17, 15) is 13.2 Å². The SMILES string of the molecule is CCCCN(C)S(=O)(=O)c1ccc(NC(=O)c2cnc(Cl)c(Cl)c2)cc1. The zero-order valence-corrected chi connectivity index (χ0v) is 16.7. The predicted octanol–water partition coefficient (Wildman–Crippen LogP) is 4.06. The summed E-state index contributed by atoms with van der Waals surface area (Å²) in [6.07, 6.45) is 3.01. The molecule has 1 amide bonds. The number of sulfonamides is 1. The lowest BCUT2D eigenvalue weighted by Gasteiger charge is -2.17. The molecule has 1 heterocycles. The Morgan fingerprint density at radius 3 is 2.46 bits per heavy atom. The van der Waals surface area contributed by atoms with Gasteiger partial charge in [-0.25, -0.2) is 17.7 Å². The standard InChI is InChI=1S/C17H19Cl2N3O3S/c1-3-4-9-22(2)26(24,25)14-7-5-13(6-8-14)21-17(23)12-10-15(18)16(19)20-11-12/h5-8,10-11H,3-4,9H2,1-2H3,(H,21,23). The van der Waals surface area contributed by atoms with Crippen molar-refractivity contribution in [3.63, 3.8) is 0 Å². The summed E-state index contributed by atoms with van der Waals surface area (Å²) in [5.74, 6) is -0.424. The monoisotopic (exact) mass is 415 g/mol. The molecular formula is C17H19Cl2N3O3S. The fourth-order valence-corrected chi connectivity index (χ4v) is 3.62. The molecule has 26 heavy (non-hydrogen) atoms. The molecule has 2 aromatic rings.